The molecule has 7 heteroatoms. The SMILES string of the molecule is Cc1nc(Cl)ccc1NC(=O)CNC(=O)CN. The lowest BCUT2D eigenvalue weighted by molar-refractivity contribution is -0.123. The van der Waals surface area contributed by atoms with Crippen LogP contribution < -0.4 is 16.4 Å². The summed E-state index contributed by atoms with van der Waals surface area (Å²) in [5.74, 6) is -0.731. The van der Waals surface area contributed by atoms with E-state index in [2.05, 4.69) is 15.6 Å². The van der Waals surface area contributed by atoms with E-state index in [1.54, 1.807) is 19.1 Å². The van der Waals surface area contributed by atoms with Crippen molar-refractivity contribution in [3.8, 4) is 0 Å². The van der Waals surface area contributed by atoms with E-state index in [9.17, 15) is 9.59 Å². The number of nitrogens with one attached hydrogen (secondary N) is 2. The van der Waals surface area contributed by atoms with Crippen LogP contribution in [-0.2, 0) is 9.59 Å². The van der Waals surface area contributed by atoms with Gasteiger partial charge in [-0.05, 0) is 19.1 Å². The fraction of sp³-hybridized carbons (Fsp3) is 0.300. The molecule has 0 atom stereocenters. The predicted molar refractivity (Wildman–Crippen MR) is 64.7 cm³/mol. The van der Waals surface area contributed by atoms with E-state index in [-0.39, 0.29) is 24.9 Å². The molecule has 1 rings (SSSR count). The first-order valence-electron chi connectivity index (χ1n) is 4.92. The lowest BCUT2D eigenvalue weighted by Gasteiger charge is -2.08. The number of nitrogens with two attached hydrogens (primary N) is 1. The van der Waals surface area contributed by atoms with Gasteiger partial charge < -0.3 is 16.4 Å². The van der Waals surface area contributed by atoms with Crippen molar-refractivity contribution in [2.75, 3.05) is 18.4 Å². The van der Waals surface area contributed by atoms with Crippen LogP contribution in [-0.4, -0.2) is 29.9 Å². The van der Waals surface area contributed by atoms with Crippen molar-refractivity contribution in [2.24, 2.45) is 5.73 Å². The molecule has 0 aliphatic carbocycles. The van der Waals surface area contributed by atoms with Gasteiger partial charge in [0, 0.05) is 0 Å². The molecule has 0 unspecified atom stereocenters. The summed E-state index contributed by atoms with van der Waals surface area (Å²) in [6, 6.07) is 3.22. The van der Waals surface area contributed by atoms with Crippen molar-refractivity contribution in [2.45, 2.75) is 6.92 Å². The monoisotopic (exact) mass is 256 g/mol. The smallest absolute Gasteiger partial charge is 0.243 e. The first-order chi connectivity index (χ1) is 8.02. The lowest BCUT2D eigenvalue weighted by Crippen LogP contribution is -2.36. The van der Waals surface area contributed by atoms with Gasteiger partial charge in [0.15, 0.2) is 0 Å². The van der Waals surface area contributed by atoms with Crippen LogP contribution in [0.3, 0.4) is 0 Å². The minimum atomic E-state index is -0.383. The van der Waals surface area contributed by atoms with Crippen molar-refractivity contribution in [3.63, 3.8) is 0 Å². The third-order valence-corrected chi connectivity index (χ3v) is 2.17. The molecule has 0 aliphatic heterocycles. The van der Waals surface area contributed by atoms with E-state index in [0.29, 0.717) is 16.5 Å². The normalized spacial score (nSPS) is 9.82. The number of carbonyl (C=O) groups excluding carboxylic acids is 2. The molecule has 1 aromatic rings. The second-order valence-electron chi connectivity index (χ2n) is 3.30. The fourth-order valence-electron chi connectivity index (χ4n) is 1.11. The fourth-order valence-corrected chi connectivity index (χ4v) is 1.30. The molecule has 17 heavy (non-hydrogen) atoms. The highest BCUT2D eigenvalue weighted by Gasteiger charge is 2.07. The van der Waals surface area contributed by atoms with Crippen molar-refractivity contribution in [1.82, 2.24) is 10.3 Å². The number of nitrogens with zero attached hydrogens (tertiary/aromatic N) is 1. The molecular formula is C10H13ClN4O2. The molecule has 0 fully saturated rings. The zero-order valence-corrected chi connectivity index (χ0v) is 10.0. The van der Waals surface area contributed by atoms with E-state index in [4.69, 9.17) is 17.3 Å². The van der Waals surface area contributed by atoms with Gasteiger partial charge in [0.05, 0.1) is 24.5 Å². The number of hydrogen-bond donors (Lipinski definition) is 3. The number of halogens is 1. The zero-order valence-electron chi connectivity index (χ0n) is 9.29. The third kappa shape index (κ3) is 4.38. The van der Waals surface area contributed by atoms with Crippen LogP contribution >= 0.6 is 11.6 Å². The molecule has 0 saturated carbocycles. The number of anilines is 1. The minimum absolute atomic E-state index is 0.127. The molecule has 0 spiro atoms. The Morgan fingerprint density at radius 1 is 1.41 bits per heavy atom. The quantitative estimate of drug-likeness (QED) is 0.664. The number of aryl methyl sites for hydroxylation is 1. The van der Waals surface area contributed by atoms with E-state index in [1.807, 2.05) is 0 Å². The van der Waals surface area contributed by atoms with Gasteiger partial charge >= 0.3 is 0 Å². The van der Waals surface area contributed by atoms with E-state index >= 15 is 0 Å². The average Bonchev–Trinajstić information content (AvgIpc) is 2.29. The second-order valence-corrected chi connectivity index (χ2v) is 3.68. The molecule has 0 aromatic carbocycles. The first kappa shape index (κ1) is 13.4. The van der Waals surface area contributed by atoms with Crippen molar-refractivity contribution in [1.29, 1.82) is 0 Å². The van der Waals surface area contributed by atoms with Gasteiger partial charge in [-0.25, -0.2) is 4.98 Å². The molecule has 0 radical (unpaired) electrons. The second kappa shape index (κ2) is 6.17. The summed E-state index contributed by atoms with van der Waals surface area (Å²) in [5, 5.41) is 5.32. The maximum Gasteiger partial charge on any atom is 0.243 e. The predicted octanol–water partition coefficient (Wildman–Crippen LogP) is 0.0568. The Labute approximate surface area is 104 Å². The van der Waals surface area contributed by atoms with Gasteiger partial charge in [-0.15, -0.1) is 0 Å². The Kier molecular flexibility index (Phi) is 4.86. The largest absolute Gasteiger partial charge is 0.346 e. The summed E-state index contributed by atoms with van der Waals surface area (Å²) in [7, 11) is 0. The number of aromatic nitrogens is 1. The Hall–Kier alpha value is -1.66. The summed E-state index contributed by atoms with van der Waals surface area (Å²) in [4.78, 5) is 26.3. The molecule has 0 saturated heterocycles. The maximum atomic E-state index is 11.4. The molecule has 6 nitrogen and oxygen atoms in total. The van der Waals surface area contributed by atoms with Gasteiger partial charge in [0.1, 0.15) is 5.15 Å². The lowest BCUT2D eigenvalue weighted by atomic mass is 10.3. The number of hydrogen-bond acceptors (Lipinski definition) is 4. The van der Waals surface area contributed by atoms with Crippen LogP contribution in [0.25, 0.3) is 0 Å². The summed E-state index contributed by atoms with van der Waals surface area (Å²) < 4.78 is 0. The molecule has 0 bridgehead atoms. The molecule has 92 valence electrons. The molecule has 1 heterocycles. The van der Waals surface area contributed by atoms with Crippen molar-refractivity contribution in [3.05, 3.63) is 23.0 Å². The Bertz CT molecular complexity index is 436. The van der Waals surface area contributed by atoms with Gasteiger partial charge in [0.25, 0.3) is 0 Å². The Morgan fingerprint density at radius 3 is 2.71 bits per heavy atom. The highest BCUT2D eigenvalue weighted by molar-refractivity contribution is 6.29. The molecule has 2 amide bonds. The molecular weight excluding hydrogens is 244 g/mol. The van der Waals surface area contributed by atoms with Crippen molar-refractivity contribution < 1.29 is 9.59 Å². The average molecular weight is 257 g/mol. The number of rotatable bonds is 4. The van der Waals surface area contributed by atoms with E-state index < -0.39 is 0 Å². The summed E-state index contributed by atoms with van der Waals surface area (Å²) in [6.07, 6.45) is 0. The topological polar surface area (TPSA) is 97.1 Å². The number of pyridine rings is 1. The molecule has 1 aromatic heterocycles. The van der Waals surface area contributed by atoms with Crippen LogP contribution in [0.15, 0.2) is 12.1 Å². The van der Waals surface area contributed by atoms with Gasteiger partial charge in [-0.3, -0.25) is 9.59 Å². The van der Waals surface area contributed by atoms with Crippen LogP contribution in [0, 0.1) is 6.92 Å². The Balaban J connectivity index is 2.53. The zero-order chi connectivity index (χ0) is 12.8. The summed E-state index contributed by atoms with van der Waals surface area (Å²) in [5.41, 5.74) is 6.25. The van der Waals surface area contributed by atoms with E-state index in [0.717, 1.165) is 0 Å². The third-order valence-electron chi connectivity index (χ3n) is 1.96. The summed E-state index contributed by atoms with van der Waals surface area (Å²) in [6.45, 7) is 1.45. The first-order valence-corrected chi connectivity index (χ1v) is 5.30. The summed E-state index contributed by atoms with van der Waals surface area (Å²) >= 11 is 5.68. The van der Waals surface area contributed by atoms with Gasteiger partial charge in [-0.2, -0.15) is 0 Å². The minimum Gasteiger partial charge on any atom is -0.346 e. The van der Waals surface area contributed by atoms with E-state index in [1.165, 1.54) is 0 Å². The number of amides is 2. The van der Waals surface area contributed by atoms with Crippen LogP contribution in [0.1, 0.15) is 5.69 Å². The standard InChI is InChI=1S/C10H13ClN4O2/c1-6-7(2-3-8(11)14-6)15-10(17)5-13-9(16)4-12/h2-3H,4-5,12H2,1H3,(H,13,16)(H,15,17). The van der Waals surface area contributed by atoms with Gasteiger partial charge in [-0.1, -0.05) is 11.6 Å². The number of carbonyl (C=O) groups is 2. The molecule has 0 aliphatic rings. The molecule has 4 N–H and O–H groups in total. The highest BCUT2D eigenvalue weighted by atomic mass is 35.5. The maximum absolute atomic E-state index is 11.4. The van der Waals surface area contributed by atoms with Gasteiger partial charge in [0.2, 0.25) is 11.8 Å². The Morgan fingerprint density at radius 2 is 2.12 bits per heavy atom. The highest BCUT2D eigenvalue weighted by Crippen LogP contribution is 2.15. The van der Waals surface area contributed by atoms with Crippen LogP contribution in [0.2, 0.25) is 5.15 Å². The van der Waals surface area contributed by atoms with Crippen LogP contribution in [0.5, 0.6) is 0 Å². The van der Waals surface area contributed by atoms with Crippen LogP contribution in [0.4, 0.5) is 5.69 Å². The van der Waals surface area contributed by atoms with Crippen molar-refractivity contribution >= 4 is 29.1 Å².